The lowest BCUT2D eigenvalue weighted by molar-refractivity contribution is 0.0935. The van der Waals surface area contributed by atoms with E-state index in [0.29, 0.717) is 41.7 Å². The molecular formula is C25H28N2O4S. The van der Waals surface area contributed by atoms with Gasteiger partial charge in [0.15, 0.2) is 11.5 Å². The van der Waals surface area contributed by atoms with Crippen LogP contribution in [0.1, 0.15) is 58.0 Å². The third-order valence-electron chi connectivity index (χ3n) is 4.83. The molecule has 0 radical (unpaired) electrons. The van der Waals surface area contributed by atoms with Gasteiger partial charge in [-0.15, -0.1) is 11.3 Å². The van der Waals surface area contributed by atoms with Crippen LogP contribution in [0.5, 0.6) is 11.5 Å². The molecule has 2 amide bonds. The van der Waals surface area contributed by atoms with Crippen molar-refractivity contribution in [2.45, 2.75) is 33.4 Å². The van der Waals surface area contributed by atoms with Gasteiger partial charge in [-0.2, -0.15) is 0 Å². The van der Waals surface area contributed by atoms with Crippen molar-refractivity contribution in [1.82, 2.24) is 10.6 Å². The number of hydrogen-bond donors (Lipinski definition) is 2. The smallest absolute Gasteiger partial charge is 0.261 e. The molecule has 0 spiro atoms. The zero-order valence-electron chi connectivity index (χ0n) is 18.5. The Morgan fingerprint density at radius 3 is 2.31 bits per heavy atom. The second-order valence-corrected chi connectivity index (χ2v) is 8.07. The van der Waals surface area contributed by atoms with E-state index in [0.717, 1.165) is 11.1 Å². The van der Waals surface area contributed by atoms with Crippen molar-refractivity contribution in [1.29, 1.82) is 0 Å². The predicted octanol–water partition coefficient (Wildman–Crippen LogP) is 4.97. The normalized spacial score (nSPS) is 11.5. The monoisotopic (exact) mass is 452 g/mol. The number of ether oxygens (including phenoxy) is 2. The molecule has 0 aliphatic heterocycles. The molecule has 6 nitrogen and oxygen atoms in total. The highest BCUT2D eigenvalue weighted by atomic mass is 32.1. The van der Waals surface area contributed by atoms with Crippen molar-refractivity contribution in [3.63, 3.8) is 0 Å². The second kappa shape index (κ2) is 11.3. The maximum absolute atomic E-state index is 12.7. The molecule has 3 rings (SSSR count). The largest absolute Gasteiger partial charge is 0.490 e. The molecule has 0 aliphatic rings. The van der Waals surface area contributed by atoms with Crippen molar-refractivity contribution in [3.8, 4) is 11.5 Å². The standard InChI is InChI=1S/C25H28N2O4S/c1-4-30-21-13-12-20(15-22(21)31-5-2)17(3)27-24(28)19-10-8-18(9-11-19)16-26-25(29)23-7-6-14-32-23/h6-15,17H,4-5,16H2,1-3H3,(H,26,29)(H,27,28). The molecule has 0 saturated heterocycles. The predicted molar refractivity (Wildman–Crippen MR) is 127 cm³/mol. The lowest BCUT2D eigenvalue weighted by Crippen LogP contribution is -2.26. The average molecular weight is 453 g/mol. The minimum absolute atomic E-state index is 0.0996. The van der Waals surface area contributed by atoms with E-state index in [9.17, 15) is 9.59 Å². The summed E-state index contributed by atoms with van der Waals surface area (Å²) < 4.78 is 11.3. The number of nitrogens with one attached hydrogen (secondary N) is 2. The van der Waals surface area contributed by atoms with Crippen LogP contribution in [-0.4, -0.2) is 25.0 Å². The summed E-state index contributed by atoms with van der Waals surface area (Å²) in [5.41, 5.74) is 2.41. The Morgan fingerprint density at radius 1 is 0.938 bits per heavy atom. The average Bonchev–Trinajstić information content (AvgIpc) is 3.34. The highest BCUT2D eigenvalue weighted by Crippen LogP contribution is 2.30. The molecule has 0 bridgehead atoms. The molecule has 3 aromatic rings. The van der Waals surface area contributed by atoms with E-state index in [-0.39, 0.29) is 17.9 Å². The summed E-state index contributed by atoms with van der Waals surface area (Å²) in [7, 11) is 0. The molecule has 0 saturated carbocycles. The molecule has 7 heteroatoms. The van der Waals surface area contributed by atoms with Crippen molar-refractivity contribution in [2.24, 2.45) is 0 Å². The Morgan fingerprint density at radius 2 is 1.66 bits per heavy atom. The van der Waals surface area contributed by atoms with Gasteiger partial charge in [0.1, 0.15) is 0 Å². The number of carbonyl (C=O) groups is 2. The Balaban J connectivity index is 1.59. The molecule has 168 valence electrons. The van der Waals surface area contributed by atoms with Crippen LogP contribution >= 0.6 is 11.3 Å². The summed E-state index contributed by atoms with van der Waals surface area (Å²) in [5.74, 6) is 1.09. The van der Waals surface area contributed by atoms with Gasteiger partial charge in [-0.25, -0.2) is 0 Å². The number of amides is 2. The quantitative estimate of drug-likeness (QED) is 0.456. The summed E-state index contributed by atoms with van der Waals surface area (Å²) in [6, 6.07) is 16.3. The Hall–Kier alpha value is -3.32. The Bertz CT molecular complexity index is 1030. The number of hydrogen-bond acceptors (Lipinski definition) is 5. The van der Waals surface area contributed by atoms with Gasteiger partial charge in [-0.1, -0.05) is 24.3 Å². The van der Waals surface area contributed by atoms with Crippen molar-refractivity contribution < 1.29 is 19.1 Å². The third-order valence-corrected chi connectivity index (χ3v) is 5.70. The fourth-order valence-electron chi connectivity index (χ4n) is 3.15. The Kier molecular flexibility index (Phi) is 8.27. The summed E-state index contributed by atoms with van der Waals surface area (Å²) in [6.45, 7) is 7.27. The molecule has 1 aromatic heterocycles. The first kappa shape index (κ1) is 23.3. The summed E-state index contributed by atoms with van der Waals surface area (Å²) in [4.78, 5) is 25.4. The lowest BCUT2D eigenvalue weighted by atomic mass is 10.1. The first-order chi connectivity index (χ1) is 15.5. The van der Waals surface area contributed by atoms with E-state index in [1.165, 1.54) is 11.3 Å². The number of thiophene rings is 1. The number of benzene rings is 2. The van der Waals surface area contributed by atoms with E-state index in [2.05, 4.69) is 10.6 Å². The molecule has 1 unspecified atom stereocenters. The van der Waals surface area contributed by atoms with Gasteiger partial charge in [-0.05, 0) is 67.6 Å². The first-order valence-corrected chi connectivity index (χ1v) is 11.5. The molecule has 0 fully saturated rings. The van der Waals surface area contributed by atoms with E-state index >= 15 is 0 Å². The van der Waals surface area contributed by atoms with E-state index in [1.807, 2.05) is 62.5 Å². The van der Waals surface area contributed by atoms with Gasteiger partial charge in [0.2, 0.25) is 0 Å². The number of carbonyl (C=O) groups excluding carboxylic acids is 2. The zero-order valence-corrected chi connectivity index (χ0v) is 19.3. The summed E-state index contributed by atoms with van der Waals surface area (Å²) in [6.07, 6.45) is 0. The minimum atomic E-state index is -0.206. The van der Waals surface area contributed by atoms with E-state index < -0.39 is 0 Å². The van der Waals surface area contributed by atoms with Crippen LogP contribution < -0.4 is 20.1 Å². The molecule has 32 heavy (non-hydrogen) atoms. The Labute approximate surface area is 192 Å². The SMILES string of the molecule is CCOc1ccc(C(C)NC(=O)c2ccc(CNC(=O)c3cccs3)cc2)cc1OCC. The van der Waals surface area contributed by atoms with Crippen molar-refractivity contribution in [3.05, 3.63) is 81.5 Å². The van der Waals surface area contributed by atoms with Crippen LogP contribution in [0.2, 0.25) is 0 Å². The fraction of sp³-hybridized carbons (Fsp3) is 0.280. The summed E-state index contributed by atoms with van der Waals surface area (Å²) in [5, 5.41) is 7.77. The van der Waals surface area contributed by atoms with Gasteiger partial charge >= 0.3 is 0 Å². The highest BCUT2D eigenvalue weighted by molar-refractivity contribution is 7.12. The fourth-order valence-corrected chi connectivity index (χ4v) is 3.79. The molecule has 1 heterocycles. The highest BCUT2D eigenvalue weighted by Gasteiger charge is 2.15. The zero-order chi connectivity index (χ0) is 22.9. The van der Waals surface area contributed by atoms with Crippen LogP contribution in [0.4, 0.5) is 0 Å². The second-order valence-electron chi connectivity index (χ2n) is 7.12. The lowest BCUT2D eigenvalue weighted by Gasteiger charge is -2.17. The van der Waals surface area contributed by atoms with Gasteiger partial charge < -0.3 is 20.1 Å². The van der Waals surface area contributed by atoms with Crippen LogP contribution in [0.15, 0.2) is 60.0 Å². The van der Waals surface area contributed by atoms with E-state index in [1.54, 1.807) is 18.2 Å². The van der Waals surface area contributed by atoms with Crippen molar-refractivity contribution in [2.75, 3.05) is 13.2 Å². The van der Waals surface area contributed by atoms with Crippen LogP contribution in [0.25, 0.3) is 0 Å². The summed E-state index contributed by atoms with van der Waals surface area (Å²) >= 11 is 1.40. The van der Waals surface area contributed by atoms with Gasteiger partial charge in [0.25, 0.3) is 11.8 Å². The first-order valence-electron chi connectivity index (χ1n) is 10.6. The third kappa shape index (κ3) is 6.11. The topological polar surface area (TPSA) is 76.7 Å². The van der Waals surface area contributed by atoms with Gasteiger partial charge in [-0.3, -0.25) is 9.59 Å². The number of rotatable bonds is 10. The molecule has 1 atom stereocenters. The maximum atomic E-state index is 12.7. The van der Waals surface area contributed by atoms with Crippen LogP contribution in [0.3, 0.4) is 0 Å². The minimum Gasteiger partial charge on any atom is -0.490 e. The maximum Gasteiger partial charge on any atom is 0.261 e. The van der Waals surface area contributed by atoms with E-state index in [4.69, 9.17) is 9.47 Å². The molecule has 2 N–H and O–H groups in total. The van der Waals surface area contributed by atoms with Crippen molar-refractivity contribution >= 4 is 23.2 Å². The van der Waals surface area contributed by atoms with Crippen LogP contribution in [-0.2, 0) is 6.54 Å². The molecular weight excluding hydrogens is 424 g/mol. The van der Waals surface area contributed by atoms with Gasteiger partial charge in [0, 0.05) is 12.1 Å². The molecule has 0 aliphatic carbocycles. The molecule has 2 aromatic carbocycles. The van der Waals surface area contributed by atoms with Gasteiger partial charge in [0.05, 0.1) is 24.1 Å². The van der Waals surface area contributed by atoms with Crippen LogP contribution in [0, 0.1) is 0 Å².